The van der Waals surface area contributed by atoms with Crippen molar-refractivity contribution in [3.8, 4) is 0 Å². The SMILES string of the molecule is CCCCc1noc(C(C)N(C)CC(O)C(F)(F)F)n1. The minimum atomic E-state index is -4.63. The molecule has 1 heterocycles. The van der Waals surface area contributed by atoms with Gasteiger partial charge in [-0.15, -0.1) is 0 Å². The molecule has 8 heteroatoms. The predicted octanol–water partition coefficient (Wildman–Crippen LogP) is 2.33. The number of aryl methyl sites for hydroxylation is 1. The van der Waals surface area contributed by atoms with E-state index in [-0.39, 0.29) is 5.89 Å². The zero-order valence-electron chi connectivity index (χ0n) is 11.8. The van der Waals surface area contributed by atoms with E-state index in [2.05, 4.69) is 10.1 Å². The zero-order chi connectivity index (χ0) is 15.3. The van der Waals surface area contributed by atoms with Gasteiger partial charge in [0, 0.05) is 13.0 Å². The number of alkyl halides is 3. The first-order chi connectivity index (χ1) is 9.25. The summed E-state index contributed by atoms with van der Waals surface area (Å²) in [6.45, 7) is 3.15. The van der Waals surface area contributed by atoms with E-state index in [0.717, 1.165) is 12.8 Å². The number of hydrogen-bond donors (Lipinski definition) is 1. The molecule has 0 aliphatic carbocycles. The molecule has 1 rings (SSSR count). The second-order valence-corrected chi connectivity index (χ2v) is 4.83. The van der Waals surface area contributed by atoms with E-state index in [4.69, 9.17) is 9.63 Å². The van der Waals surface area contributed by atoms with Crippen LogP contribution in [-0.4, -0.2) is 46.0 Å². The fraction of sp³-hybridized carbons (Fsp3) is 0.833. The van der Waals surface area contributed by atoms with E-state index in [1.165, 1.54) is 11.9 Å². The quantitative estimate of drug-likeness (QED) is 0.836. The van der Waals surface area contributed by atoms with Gasteiger partial charge in [0.25, 0.3) is 0 Å². The van der Waals surface area contributed by atoms with Crippen molar-refractivity contribution in [3.05, 3.63) is 11.7 Å². The molecule has 0 bridgehead atoms. The van der Waals surface area contributed by atoms with E-state index in [0.29, 0.717) is 12.2 Å². The Hall–Kier alpha value is -1.15. The fourth-order valence-corrected chi connectivity index (χ4v) is 1.60. The molecule has 5 nitrogen and oxygen atoms in total. The maximum absolute atomic E-state index is 12.3. The highest BCUT2D eigenvalue weighted by atomic mass is 19.4. The smallest absolute Gasteiger partial charge is 0.382 e. The first-order valence-electron chi connectivity index (χ1n) is 6.53. The van der Waals surface area contributed by atoms with Gasteiger partial charge in [-0.25, -0.2) is 0 Å². The third-order valence-electron chi connectivity index (χ3n) is 3.10. The van der Waals surface area contributed by atoms with Crippen LogP contribution in [0.2, 0.25) is 0 Å². The molecule has 0 radical (unpaired) electrons. The topological polar surface area (TPSA) is 62.4 Å². The van der Waals surface area contributed by atoms with Crippen LogP contribution in [0, 0.1) is 0 Å². The summed E-state index contributed by atoms with van der Waals surface area (Å²) in [7, 11) is 1.47. The fourth-order valence-electron chi connectivity index (χ4n) is 1.60. The maximum Gasteiger partial charge on any atom is 0.415 e. The lowest BCUT2D eigenvalue weighted by atomic mass is 10.2. The summed E-state index contributed by atoms with van der Waals surface area (Å²) in [5.74, 6) is 0.812. The van der Waals surface area contributed by atoms with Gasteiger partial charge in [-0.1, -0.05) is 18.5 Å². The van der Waals surface area contributed by atoms with E-state index in [1.807, 2.05) is 6.92 Å². The van der Waals surface area contributed by atoms with Gasteiger partial charge < -0.3 is 9.63 Å². The van der Waals surface area contributed by atoms with Gasteiger partial charge in [-0.2, -0.15) is 18.2 Å². The molecule has 0 aliphatic rings. The molecule has 0 amide bonds. The van der Waals surface area contributed by atoms with Gasteiger partial charge in [-0.05, 0) is 20.4 Å². The van der Waals surface area contributed by atoms with Gasteiger partial charge in [0.15, 0.2) is 11.9 Å². The van der Waals surface area contributed by atoms with Gasteiger partial charge in [0.2, 0.25) is 5.89 Å². The highest BCUT2D eigenvalue weighted by molar-refractivity contribution is 4.92. The van der Waals surface area contributed by atoms with Crippen molar-refractivity contribution >= 4 is 0 Å². The molecule has 1 aromatic heterocycles. The van der Waals surface area contributed by atoms with Crippen LogP contribution in [0.5, 0.6) is 0 Å². The van der Waals surface area contributed by atoms with Crippen LogP contribution in [0.1, 0.15) is 44.4 Å². The summed E-state index contributed by atoms with van der Waals surface area (Å²) >= 11 is 0. The minimum Gasteiger partial charge on any atom is -0.382 e. The highest BCUT2D eigenvalue weighted by Gasteiger charge is 2.39. The normalized spacial score (nSPS) is 15.6. The third kappa shape index (κ3) is 4.75. The Morgan fingerprint density at radius 1 is 1.40 bits per heavy atom. The summed E-state index contributed by atoms with van der Waals surface area (Å²) < 4.78 is 41.9. The van der Waals surface area contributed by atoms with Crippen LogP contribution in [0.15, 0.2) is 4.52 Å². The number of aliphatic hydroxyl groups excluding tert-OH is 1. The molecule has 20 heavy (non-hydrogen) atoms. The Kier molecular flexibility index (Phi) is 5.94. The molecule has 0 aromatic carbocycles. The molecule has 2 unspecified atom stereocenters. The average molecular weight is 295 g/mol. The van der Waals surface area contributed by atoms with Crippen molar-refractivity contribution in [2.45, 2.75) is 51.4 Å². The van der Waals surface area contributed by atoms with E-state index in [9.17, 15) is 13.2 Å². The summed E-state index contributed by atoms with van der Waals surface area (Å²) in [6.07, 6.45) is -4.42. The molecule has 0 fully saturated rings. The van der Waals surface area contributed by atoms with Gasteiger partial charge in [-0.3, -0.25) is 4.90 Å². The number of rotatable bonds is 7. The van der Waals surface area contributed by atoms with Gasteiger partial charge in [0.1, 0.15) is 0 Å². The Labute approximate surface area is 115 Å². The molecule has 116 valence electrons. The Balaban J connectivity index is 2.60. The lowest BCUT2D eigenvalue weighted by Gasteiger charge is -2.25. The van der Waals surface area contributed by atoms with E-state index >= 15 is 0 Å². The van der Waals surface area contributed by atoms with Crippen molar-refractivity contribution in [2.24, 2.45) is 0 Å². The van der Waals surface area contributed by atoms with E-state index < -0.39 is 24.9 Å². The Bertz CT molecular complexity index is 409. The van der Waals surface area contributed by atoms with Crippen molar-refractivity contribution < 1.29 is 22.8 Å². The zero-order valence-corrected chi connectivity index (χ0v) is 11.8. The van der Waals surface area contributed by atoms with Crippen LogP contribution in [0.4, 0.5) is 13.2 Å². The first kappa shape index (κ1) is 16.9. The molecule has 0 saturated carbocycles. The molecule has 0 saturated heterocycles. The largest absolute Gasteiger partial charge is 0.415 e. The lowest BCUT2D eigenvalue weighted by Crippen LogP contribution is -2.40. The second-order valence-electron chi connectivity index (χ2n) is 4.83. The van der Waals surface area contributed by atoms with Gasteiger partial charge >= 0.3 is 6.18 Å². The molecule has 1 N–H and O–H groups in total. The molecule has 0 spiro atoms. The number of unbranched alkanes of at least 4 members (excludes halogenated alkanes) is 1. The molecule has 1 aromatic rings. The number of aromatic nitrogens is 2. The van der Waals surface area contributed by atoms with Gasteiger partial charge in [0.05, 0.1) is 6.04 Å². The lowest BCUT2D eigenvalue weighted by molar-refractivity contribution is -0.208. The number of halogens is 3. The average Bonchev–Trinajstić information content (AvgIpc) is 2.82. The van der Waals surface area contributed by atoms with E-state index in [1.54, 1.807) is 6.92 Å². The monoisotopic (exact) mass is 295 g/mol. The van der Waals surface area contributed by atoms with Crippen molar-refractivity contribution in [2.75, 3.05) is 13.6 Å². The number of hydrogen-bond acceptors (Lipinski definition) is 5. The van der Waals surface area contributed by atoms with Crippen molar-refractivity contribution in [3.63, 3.8) is 0 Å². The Morgan fingerprint density at radius 2 is 2.05 bits per heavy atom. The van der Waals surface area contributed by atoms with Crippen LogP contribution < -0.4 is 0 Å². The molecular weight excluding hydrogens is 275 g/mol. The number of nitrogens with zero attached hydrogens (tertiary/aromatic N) is 3. The molecule has 0 aliphatic heterocycles. The Morgan fingerprint density at radius 3 is 2.60 bits per heavy atom. The maximum atomic E-state index is 12.3. The first-order valence-corrected chi connectivity index (χ1v) is 6.53. The van der Waals surface area contributed by atoms with Crippen LogP contribution in [0.25, 0.3) is 0 Å². The minimum absolute atomic E-state index is 0.257. The summed E-state index contributed by atoms with van der Waals surface area (Å²) in [6, 6.07) is -0.491. The number of likely N-dealkylation sites (N-methyl/N-ethyl adjacent to an activating group) is 1. The molecular formula is C12H20F3N3O2. The second kappa shape index (κ2) is 7.03. The predicted molar refractivity (Wildman–Crippen MR) is 66.0 cm³/mol. The van der Waals surface area contributed by atoms with Crippen LogP contribution >= 0.6 is 0 Å². The third-order valence-corrected chi connectivity index (χ3v) is 3.10. The van der Waals surface area contributed by atoms with Crippen molar-refractivity contribution in [1.82, 2.24) is 15.0 Å². The van der Waals surface area contributed by atoms with Crippen LogP contribution in [-0.2, 0) is 6.42 Å². The summed E-state index contributed by atoms with van der Waals surface area (Å²) in [5.41, 5.74) is 0. The standard InChI is InChI=1S/C12H20F3N3O2/c1-4-5-6-10-16-11(20-17-10)8(2)18(3)7-9(19)12(13,14)15/h8-9,19H,4-7H2,1-3H3. The highest BCUT2D eigenvalue weighted by Crippen LogP contribution is 2.23. The summed E-state index contributed by atoms with van der Waals surface area (Å²) in [5, 5.41) is 12.8. The number of aliphatic hydroxyl groups is 1. The van der Waals surface area contributed by atoms with Crippen molar-refractivity contribution in [1.29, 1.82) is 0 Å². The summed E-state index contributed by atoms with van der Waals surface area (Å²) in [4.78, 5) is 5.48. The molecule has 2 atom stereocenters. The van der Waals surface area contributed by atoms with Crippen LogP contribution in [0.3, 0.4) is 0 Å².